The lowest BCUT2D eigenvalue weighted by atomic mass is 9.81. The Balaban J connectivity index is 1.85. The Morgan fingerprint density at radius 1 is 1.13 bits per heavy atom. The topological polar surface area (TPSA) is 29.3 Å². The van der Waals surface area contributed by atoms with Crippen LogP contribution in [0.4, 0.5) is 0 Å². The second-order valence-corrected chi connectivity index (χ2v) is 5.70. The number of rotatable bonds is 4. The van der Waals surface area contributed by atoms with Gasteiger partial charge in [0.2, 0.25) is 0 Å². The van der Waals surface area contributed by atoms with Gasteiger partial charge in [-0.3, -0.25) is 0 Å². The highest BCUT2D eigenvalue weighted by Gasteiger charge is 2.32. The van der Waals surface area contributed by atoms with Gasteiger partial charge in [0.15, 0.2) is 0 Å². The van der Waals surface area contributed by atoms with Crippen LogP contribution in [0.5, 0.6) is 0 Å². The Labute approximate surface area is 94.2 Å². The summed E-state index contributed by atoms with van der Waals surface area (Å²) in [5, 5.41) is 0. The zero-order chi connectivity index (χ0) is 10.8. The zero-order valence-corrected chi connectivity index (χ0v) is 10.3. The van der Waals surface area contributed by atoms with Gasteiger partial charge in [-0.25, -0.2) is 0 Å². The molecule has 2 N–H and O–H groups in total. The number of hydrogen-bond acceptors (Lipinski definition) is 2. The minimum Gasteiger partial charge on any atom is -0.326 e. The van der Waals surface area contributed by atoms with E-state index in [1.54, 1.807) is 0 Å². The van der Waals surface area contributed by atoms with Crippen LogP contribution in [0.1, 0.15) is 45.4 Å². The molecule has 0 amide bonds. The van der Waals surface area contributed by atoms with Crippen molar-refractivity contribution in [2.24, 2.45) is 17.6 Å². The van der Waals surface area contributed by atoms with Gasteiger partial charge in [-0.1, -0.05) is 13.3 Å². The molecule has 2 nitrogen and oxygen atoms in total. The third-order valence-electron chi connectivity index (χ3n) is 4.36. The summed E-state index contributed by atoms with van der Waals surface area (Å²) in [7, 11) is 2.28. The van der Waals surface area contributed by atoms with E-state index in [1.165, 1.54) is 45.1 Å². The molecule has 0 spiro atoms. The Kier molecular flexibility index (Phi) is 3.68. The van der Waals surface area contributed by atoms with Gasteiger partial charge in [-0.15, -0.1) is 0 Å². The summed E-state index contributed by atoms with van der Waals surface area (Å²) in [6.45, 7) is 3.61. The highest BCUT2D eigenvalue weighted by molar-refractivity contribution is 4.89. The molecule has 0 bridgehead atoms. The molecule has 2 heteroatoms. The van der Waals surface area contributed by atoms with Crippen molar-refractivity contribution in [3.05, 3.63) is 0 Å². The van der Waals surface area contributed by atoms with E-state index >= 15 is 0 Å². The SMILES string of the molecule is CCC1CCC(N)C(N(C)CC2CC2)C1. The van der Waals surface area contributed by atoms with Crippen molar-refractivity contribution < 1.29 is 0 Å². The number of nitrogens with zero attached hydrogens (tertiary/aromatic N) is 1. The summed E-state index contributed by atoms with van der Waals surface area (Å²) in [4.78, 5) is 2.55. The van der Waals surface area contributed by atoms with Crippen LogP contribution >= 0.6 is 0 Å². The van der Waals surface area contributed by atoms with Gasteiger partial charge < -0.3 is 10.6 Å². The molecule has 0 heterocycles. The number of likely N-dealkylation sites (N-methyl/N-ethyl adjacent to an activating group) is 1. The van der Waals surface area contributed by atoms with Crippen LogP contribution in [-0.2, 0) is 0 Å². The maximum Gasteiger partial charge on any atom is 0.0246 e. The first-order chi connectivity index (χ1) is 7.20. The number of hydrogen-bond donors (Lipinski definition) is 1. The lowest BCUT2D eigenvalue weighted by molar-refractivity contribution is 0.131. The Bertz CT molecular complexity index is 201. The Morgan fingerprint density at radius 3 is 2.40 bits per heavy atom. The van der Waals surface area contributed by atoms with E-state index in [0.717, 1.165) is 11.8 Å². The van der Waals surface area contributed by atoms with Gasteiger partial charge in [0, 0.05) is 18.6 Å². The molecular weight excluding hydrogens is 184 g/mol. The second kappa shape index (κ2) is 4.84. The minimum atomic E-state index is 0.427. The molecule has 3 unspecified atom stereocenters. The van der Waals surface area contributed by atoms with Crippen LogP contribution in [0.2, 0.25) is 0 Å². The van der Waals surface area contributed by atoms with Gasteiger partial charge in [-0.05, 0) is 51.0 Å². The molecule has 0 aromatic carbocycles. The van der Waals surface area contributed by atoms with Crippen molar-refractivity contribution in [2.45, 2.75) is 57.5 Å². The van der Waals surface area contributed by atoms with Crippen LogP contribution in [0.25, 0.3) is 0 Å². The summed E-state index contributed by atoms with van der Waals surface area (Å²) in [6, 6.07) is 1.08. The molecule has 0 aromatic heterocycles. The summed E-state index contributed by atoms with van der Waals surface area (Å²) in [5.74, 6) is 1.92. The fourth-order valence-electron chi connectivity index (χ4n) is 2.98. The van der Waals surface area contributed by atoms with Crippen molar-refractivity contribution in [1.29, 1.82) is 0 Å². The first-order valence-corrected chi connectivity index (χ1v) is 6.66. The molecule has 0 radical (unpaired) electrons. The van der Waals surface area contributed by atoms with Crippen LogP contribution in [-0.4, -0.2) is 30.6 Å². The molecule has 3 atom stereocenters. The van der Waals surface area contributed by atoms with Crippen molar-refractivity contribution in [2.75, 3.05) is 13.6 Å². The maximum absolute atomic E-state index is 6.25. The minimum absolute atomic E-state index is 0.427. The summed E-state index contributed by atoms with van der Waals surface area (Å²) < 4.78 is 0. The molecule has 88 valence electrons. The maximum atomic E-state index is 6.25. The molecule has 2 aliphatic carbocycles. The smallest absolute Gasteiger partial charge is 0.0246 e. The average Bonchev–Trinajstić information content (AvgIpc) is 3.02. The Morgan fingerprint density at radius 2 is 1.80 bits per heavy atom. The molecule has 2 aliphatic rings. The summed E-state index contributed by atoms with van der Waals surface area (Å²) in [5.41, 5.74) is 6.25. The largest absolute Gasteiger partial charge is 0.326 e. The third-order valence-corrected chi connectivity index (χ3v) is 4.36. The van der Waals surface area contributed by atoms with Crippen molar-refractivity contribution in [3.63, 3.8) is 0 Å². The lowest BCUT2D eigenvalue weighted by Gasteiger charge is -2.39. The third kappa shape index (κ3) is 2.94. The van der Waals surface area contributed by atoms with Crippen LogP contribution < -0.4 is 5.73 Å². The summed E-state index contributed by atoms with van der Waals surface area (Å²) >= 11 is 0. The number of nitrogens with two attached hydrogens (primary N) is 1. The monoisotopic (exact) mass is 210 g/mol. The molecular formula is C13H26N2. The van der Waals surface area contributed by atoms with E-state index in [-0.39, 0.29) is 0 Å². The molecule has 0 aliphatic heterocycles. The molecule has 2 rings (SSSR count). The van der Waals surface area contributed by atoms with Crippen LogP contribution in [0, 0.1) is 11.8 Å². The van der Waals surface area contributed by atoms with Crippen molar-refractivity contribution >= 4 is 0 Å². The normalized spacial score (nSPS) is 37.2. The van der Waals surface area contributed by atoms with Gasteiger partial charge in [-0.2, -0.15) is 0 Å². The average molecular weight is 210 g/mol. The predicted molar refractivity (Wildman–Crippen MR) is 64.7 cm³/mol. The zero-order valence-electron chi connectivity index (χ0n) is 10.3. The van der Waals surface area contributed by atoms with E-state index in [4.69, 9.17) is 5.73 Å². The molecule has 15 heavy (non-hydrogen) atoms. The van der Waals surface area contributed by atoms with Crippen molar-refractivity contribution in [1.82, 2.24) is 4.90 Å². The van der Waals surface area contributed by atoms with Gasteiger partial charge >= 0.3 is 0 Å². The molecule has 2 fully saturated rings. The highest BCUT2D eigenvalue weighted by atomic mass is 15.2. The van der Waals surface area contributed by atoms with Gasteiger partial charge in [0.05, 0.1) is 0 Å². The van der Waals surface area contributed by atoms with Crippen molar-refractivity contribution in [3.8, 4) is 0 Å². The first kappa shape index (κ1) is 11.4. The fraction of sp³-hybridized carbons (Fsp3) is 1.00. The van der Waals surface area contributed by atoms with Gasteiger partial charge in [0.1, 0.15) is 0 Å². The molecule has 2 saturated carbocycles. The predicted octanol–water partition coefficient (Wildman–Crippen LogP) is 2.23. The van der Waals surface area contributed by atoms with Gasteiger partial charge in [0.25, 0.3) is 0 Å². The van der Waals surface area contributed by atoms with E-state index in [1.807, 2.05) is 0 Å². The first-order valence-electron chi connectivity index (χ1n) is 6.66. The summed E-state index contributed by atoms with van der Waals surface area (Å²) in [6.07, 6.45) is 8.15. The molecule has 0 saturated heterocycles. The van der Waals surface area contributed by atoms with E-state index in [2.05, 4.69) is 18.9 Å². The Hall–Kier alpha value is -0.0800. The quantitative estimate of drug-likeness (QED) is 0.771. The van der Waals surface area contributed by atoms with E-state index in [0.29, 0.717) is 12.1 Å². The lowest BCUT2D eigenvalue weighted by Crippen LogP contribution is -2.50. The second-order valence-electron chi connectivity index (χ2n) is 5.70. The molecule has 0 aromatic rings. The van der Waals surface area contributed by atoms with Crippen LogP contribution in [0.3, 0.4) is 0 Å². The standard InChI is InChI=1S/C13H26N2/c1-3-10-6-7-12(14)13(8-10)15(2)9-11-4-5-11/h10-13H,3-9,14H2,1-2H3. The van der Waals surface area contributed by atoms with E-state index in [9.17, 15) is 0 Å². The van der Waals surface area contributed by atoms with E-state index < -0.39 is 0 Å². The highest BCUT2D eigenvalue weighted by Crippen LogP contribution is 2.33. The fourth-order valence-corrected chi connectivity index (χ4v) is 2.98. The van der Waals surface area contributed by atoms with Crippen LogP contribution in [0.15, 0.2) is 0 Å².